The molecule has 0 atom stereocenters. The Morgan fingerprint density at radius 2 is 2.07 bits per heavy atom. The van der Waals surface area contributed by atoms with Crippen molar-refractivity contribution in [3.05, 3.63) is 48.2 Å². The predicted octanol–water partition coefficient (Wildman–Crippen LogP) is 3.43. The third-order valence-corrected chi connectivity index (χ3v) is 3.51. The topological polar surface area (TPSA) is 124 Å². The molecule has 0 bridgehead atoms. The summed E-state index contributed by atoms with van der Waals surface area (Å²) in [6, 6.07) is 11.9. The van der Waals surface area contributed by atoms with Crippen LogP contribution in [0.2, 0.25) is 0 Å². The number of aromatic nitrogens is 1. The molecular weight excluding hydrogens is 348 g/mol. The first-order chi connectivity index (χ1) is 13.1. The predicted molar refractivity (Wildman–Crippen MR) is 99.6 cm³/mol. The summed E-state index contributed by atoms with van der Waals surface area (Å²) in [5.41, 5.74) is 1.36. The number of nitriles is 1. The van der Waals surface area contributed by atoms with E-state index in [-0.39, 0.29) is 12.2 Å². The van der Waals surface area contributed by atoms with Crippen LogP contribution in [0.3, 0.4) is 0 Å². The van der Waals surface area contributed by atoms with Crippen molar-refractivity contribution < 1.29 is 19.4 Å². The molecule has 3 N–H and O–H groups in total. The molecule has 1 aromatic carbocycles. The third-order valence-electron chi connectivity index (χ3n) is 3.51. The van der Waals surface area contributed by atoms with Crippen LogP contribution in [0.25, 0.3) is 0 Å². The molecule has 1 heterocycles. The van der Waals surface area contributed by atoms with E-state index in [2.05, 4.69) is 15.6 Å². The maximum absolute atomic E-state index is 12.2. The molecule has 0 saturated carbocycles. The van der Waals surface area contributed by atoms with E-state index in [9.17, 15) is 9.59 Å². The van der Waals surface area contributed by atoms with Crippen LogP contribution in [0.1, 0.15) is 24.8 Å². The number of hydrogen-bond donors (Lipinski definition) is 3. The number of carbonyl (C=O) groups excluding carboxylic acids is 1. The monoisotopic (exact) mass is 368 g/mol. The second-order valence-corrected chi connectivity index (χ2v) is 5.63. The van der Waals surface area contributed by atoms with Gasteiger partial charge >= 0.3 is 12.0 Å². The second-order valence-electron chi connectivity index (χ2n) is 5.63. The highest BCUT2D eigenvalue weighted by Gasteiger charge is 2.10. The molecule has 0 radical (unpaired) electrons. The molecule has 2 rings (SSSR count). The quantitative estimate of drug-likeness (QED) is 0.583. The van der Waals surface area contributed by atoms with Gasteiger partial charge in [-0.15, -0.1) is 0 Å². The third kappa shape index (κ3) is 7.04. The zero-order valence-electron chi connectivity index (χ0n) is 14.6. The minimum absolute atomic E-state index is 0.0239. The van der Waals surface area contributed by atoms with Gasteiger partial charge in [-0.05, 0) is 42.7 Å². The number of nitrogens with one attached hydrogen (secondary N) is 2. The number of rotatable bonds is 9. The van der Waals surface area contributed by atoms with E-state index in [1.54, 1.807) is 36.4 Å². The number of urea groups is 1. The Hall–Kier alpha value is -3.60. The van der Waals surface area contributed by atoms with Gasteiger partial charge in [0.2, 0.25) is 0 Å². The summed E-state index contributed by atoms with van der Waals surface area (Å²) >= 11 is 0. The van der Waals surface area contributed by atoms with Gasteiger partial charge in [0.15, 0.2) is 11.6 Å². The fourth-order valence-corrected chi connectivity index (χ4v) is 2.26. The van der Waals surface area contributed by atoms with E-state index >= 15 is 0 Å². The molecule has 8 nitrogen and oxygen atoms in total. The highest BCUT2D eigenvalue weighted by Crippen LogP contribution is 2.21. The van der Waals surface area contributed by atoms with Crippen LogP contribution >= 0.6 is 0 Å². The van der Waals surface area contributed by atoms with Gasteiger partial charge in [0.05, 0.1) is 12.7 Å². The lowest BCUT2D eigenvalue weighted by molar-refractivity contribution is -0.136. The van der Waals surface area contributed by atoms with Crippen molar-refractivity contribution in [3.8, 4) is 11.8 Å². The number of benzene rings is 1. The maximum atomic E-state index is 12.2. The number of ether oxygens (including phenoxy) is 1. The van der Waals surface area contributed by atoms with Crippen LogP contribution < -0.4 is 15.4 Å². The van der Waals surface area contributed by atoms with Crippen LogP contribution in [-0.2, 0) is 11.2 Å². The Morgan fingerprint density at radius 3 is 2.85 bits per heavy atom. The van der Waals surface area contributed by atoms with Crippen molar-refractivity contribution in [2.24, 2.45) is 0 Å². The largest absolute Gasteiger partial charge is 0.490 e. The van der Waals surface area contributed by atoms with Gasteiger partial charge in [-0.25, -0.2) is 9.78 Å². The summed E-state index contributed by atoms with van der Waals surface area (Å²) in [4.78, 5) is 27.0. The molecule has 0 spiro atoms. The summed E-state index contributed by atoms with van der Waals surface area (Å²) < 4.78 is 5.55. The maximum Gasteiger partial charge on any atom is 0.324 e. The molecule has 0 aliphatic carbocycles. The zero-order chi connectivity index (χ0) is 19.5. The van der Waals surface area contributed by atoms with E-state index < -0.39 is 12.0 Å². The summed E-state index contributed by atoms with van der Waals surface area (Å²) in [5.74, 6) is -0.182. The van der Waals surface area contributed by atoms with E-state index in [0.717, 1.165) is 5.56 Å². The van der Waals surface area contributed by atoms with Crippen LogP contribution in [0, 0.1) is 11.3 Å². The molecule has 2 aromatic rings. The van der Waals surface area contributed by atoms with Gasteiger partial charge < -0.3 is 15.2 Å². The second kappa shape index (κ2) is 10.4. The number of unbranched alkanes of at least 4 members (excludes halogenated alkanes) is 1. The lowest BCUT2D eigenvalue weighted by atomic mass is 10.1. The minimum Gasteiger partial charge on any atom is -0.490 e. The Balaban J connectivity index is 1.95. The van der Waals surface area contributed by atoms with Crippen molar-refractivity contribution in [2.45, 2.75) is 25.7 Å². The van der Waals surface area contributed by atoms with Gasteiger partial charge in [-0.2, -0.15) is 5.26 Å². The van der Waals surface area contributed by atoms with Crippen LogP contribution in [0.4, 0.5) is 16.3 Å². The smallest absolute Gasteiger partial charge is 0.324 e. The standard InChI is InChI=1S/C19H20N4O4/c20-10-1-2-12-27-16-7-4-11-21-18(16)23-19(26)22-15-6-3-5-14(13-15)8-9-17(24)25/h3-7,11,13H,1-2,8-9,12H2,(H,24,25)(H2,21,22,23,26). The fraction of sp³-hybridized carbons (Fsp3) is 0.263. The first kappa shape index (κ1) is 19.7. The summed E-state index contributed by atoms with van der Waals surface area (Å²) in [7, 11) is 0. The molecule has 1 aromatic heterocycles. The Kier molecular flexibility index (Phi) is 7.60. The number of pyridine rings is 1. The molecule has 0 fully saturated rings. The van der Waals surface area contributed by atoms with Crippen molar-refractivity contribution in [1.82, 2.24) is 4.98 Å². The SMILES string of the molecule is N#CCCCOc1cccnc1NC(=O)Nc1cccc(CCC(=O)O)c1. The van der Waals surface area contributed by atoms with Gasteiger partial charge in [0.25, 0.3) is 0 Å². The number of amides is 2. The summed E-state index contributed by atoms with van der Waals surface area (Å²) in [6.45, 7) is 0.348. The van der Waals surface area contributed by atoms with Crippen LogP contribution in [0.15, 0.2) is 42.6 Å². The summed E-state index contributed by atoms with van der Waals surface area (Å²) in [5, 5.41) is 22.6. The van der Waals surface area contributed by atoms with E-state index in [1.807, 2.05) is 6.07 Å². The lowest BCUT2D eigenvalue weighted by Gasteiger charge is -2.12. The van der Waals surface area contributed by atoms with Crippen molar-refractivity contribution in [1.29, 1.82) is 5.26 Å². The van der Waals surface area contributed by atoms with Crippen LogP contribution in [0.5, 0.6) is 5.75 Å². The highest BCUT2D eigenvalue weighted by molar-refractivity contribution is 5.99. The molecule has 27 heavy (non-hydrogen) atoms. The first-order valence-corrected chi connectivity index (χ1v) is 8.42. The van der Waals surface area contributed by atoms with Crippen molar-refractivity contribution in [3.63, 3.8) is 0 Å². The zero-order valence-corrected chi connectivity index (χ0v) is 14.6. The lowest BCUT2D eigenvalue weighted by Crippen LogP contribution is -2.20. The molecule has 8 heteroatoms. The molecule has 0 aliphatic rings. The Bertz CT molecular complexity index is 832. The van der Waals surface area contributed by atoms with Crippen molar-refractivity contribution >= 4 is 23.5 Å². The summed E-state index contributed by atoms with van der Waals surface area (Å²) in [6.07, 6.45) is 2.91. The van der Waals surface area contributed by atoms with Gasteiger partial charge in [0, 0.05) is 24.7 Å². The van der Waals surface area contributed by atoms with Gasteiger partial charge in [-0.3, -0.25) is 10.1 Å². The molecule has 2 amide bonds. The molecule has 140 valence electrons. The number of carbonyl (C=O) groups is 2. The van der Waals surface area contributed by atoms with Crippen molar-refractivity contribution in [2.75, 3.05) is 17.2 Å². The normalized spacial score (nSPS) is 9.89. The molecule has 0 unspecified atom stereocenters. The number of nitrogens with zero attached hydrogens (tertiary/aromatic N) is 2. The number of aliphatic carboxylic acids is 1. The van der Waals surface area contributed by atoms with Gasteiger partial charge in [0.1, 0.15) is 0 Å². The van der Waals surface area contributed by atoms with E-state index in [0.29, 0.717) is 37.3 Å². The highest BCUT2D eigenvalue weighted by atomic mass is 16.5. The van der Waals surface area contributed by atoms with E-state index in [4.69, 9.17) is 15.1 Å². The van der Waals surface area contributed by atoms with Crippen LogP contribution in [-0.4, -0.2) is 28.7 Å². The first-order valence-electron chi connectivity index (χ1n) is 8.42. The van der Waals surface area contributed by atoms with Gasteiger partial charge in [-0.1, -0.05) is 12.1 Å². The Morgan fingerprint density at radius 1 is 1.22 bits per heavy atom. The minimum atomic E-state index is -0.872. The number of anilines is 2. The average Bonchev–Trinajstić information content (AvgIpc) is 2.65. The fourth-order valence-electron chi connectivity index (χ4n) is 2.26. The number of carboxylic acids is 1. The molecular formula is C19H20N4O4. The average molecular weight is 368 g/mol. The van der Waals surface area contributed by atoms with E-state index in [1.165, 1.54) is 6.20 Å². The number of aryl methyl sites for hydroxylation is 1. The number of hydrogen-bond acceptors (Lipinski definition) is 5. The molecule has 0 aliphatic heterocycles. The molecule has 0 saturated heterocycles. The Labute approximate surface area is 156 Å². The number of carboxylic acid groups (broad SMARTS) is 1.